The Bertz CT molecular complexity index is 967. The van der Waals surface area contributed by atoms with Gasteiger partial charge in [0.2, 0.25) is 0 Å². The van der Waals surface area contributed by atoms with Gasteiger partial charge < -0.3 is 0 Å². The van der Waals surface area contributed by atoms with Gasteiger partial charge in [0.15, 0.2) is 9.84 Å². The molecule has 4 heteroatoms. The lowest BCUT2D eigenvalue weighted by molar-refractivity contribution is 0.523. The van der Waals surface area contributed by atoms with Gasteiger partial charge in [0.25, 0.3) is 0 Å². The van der Waals surface area contributed by atoms with Gasteiger partial charge in [0.05, 0.1) is 4.90 Å². The molecule has 2 aliphatic carbocycles. The van der Waals surface area contributed by atoms with Gasteiger partial charge in [-0.2, -0.15) is 0 Å². The standard InChI is InChI=1S/C21H22O2S2/c1-15-11-20(24-14-15)19-13-21(9-3-4-10-21)12-18(19)16-5-7-17(8-6-16)25(2,22)23/h5-8,11-14H,3-4,9-10H2,1-2H3. The van der Waals surface area contributed by atoms with E-state index in [9.17, 15) is 8.42 Å². The van der Waals surface area contributed by atoms with E-state index in [1.54, 1.807) is 23.5 Å². The van der Waals surface area contributed by atoms with E-state index >= 15 is 0 Å². The summed E-state index contributed by atoms with van der Waals surface area (Å²) in [4.78, 5) is 1.68. The minimum atomic E-state index is -3.16. The zero-order valence-electron chi connectivity index (χ0n) is 14.6. The molecule has 0 radical (unpaired) electrons. The van der Waals surface area contributed by atoms with Crippen molar-refractivity contribution in [2.24, 2.45) is 5.41 Å². The second-order valence-corrected chi connectivity index (χ2v) is 10.3. The topological polar surface area (TPSA) is 34.1 Å². The third-order valence-electron chi connectivity index (χ3n) is 5.28. The maximum atomic E-state index is 11.7. The Morgan fingerprint density at radius 3 is 2.20 bits per heavy atom. The summed E-state index contributed by atoms with van der Waals surface area (Å²) in [6.07, 6.45) is 11.1. The van der Waals surface area contributed by atoms with E-state index in [0.29, 0.717) is 4.90 Å². The summed E-state index contributed by atoms with van der Waals surface area (Å²) in [5, 5.41) is 2.19. The molecule has 1 fully saturated rings. The number of rotatable bonds is 3. The van der Waals surface area contributed by atoms with Gasteiger partial charge in [-0.25, -0.2) is 8.42 Å². The van der Waals surface area contributed by atoms with Crippen LogP contribution in [0.15, 0.2) is 52.8 Å². The molecule has 0 unspecified atom stereocenters. The minimum absolute atomic E-state index is 0.193. The van der Waals surface area contributed by atoms with Crippen LogP contribution in [0.4, 0.5) is 0 Å². The summed E-state index contributed by atoms with van der Waals surface area (Å²) in [6, 6.07) is 9.60. The predicted molar refractivity (Wildman–Crippen MR) is 105 cm³/mol. The van der Waals surface area contributed by atoms with Crippen LogP contribution in [0.3, 0.4) is 0 Å². The number of sulfone groups is 1. The van der Waals surface area contributed by atoms with Gasteiger partial charge >= 0.3 is 0 Å². The van der Waals surface area contributed by atoms with Crippen LogP contribution in [-0.4, -0.2) is 14.7 Å². The van der Waals surface area contributed by atoms with Crippen molar-refractivity contribution >= 4 is 32.3 Å². The molecule has 1 aromatic heterocycles. The third-order valence-corrected chi connectivity index (χ3v) is 7.49. The molecule has 2 nitrogen and oxygen atoms in total. The van der Waals surface area contributed by atoms with Crippen LogP contribution in [0, 0.1) is 12.3 Å². The van der Waals surface area contributed by atoms with E-state index in [-0.39, 0.29) is 5.41 Å². The van der Waals surface area contributed by atoms with Gasteiger partial charge in [0, 0.05) is 16.5 Å². The molecular formula is C21H22O2S2. The summed E-state index contributed by atoms with van der Waals surface area (Å²) in [5.74, 6) is 0. The van der Waals surface area contributed by atoms with Crippen molar-refractivity contribution in [3.8, 4) is 0 Å². The van der Waals surface area contributed by atoms with E-state index in [2.05, 4.69) is 30.5 Å². The monoisotopic (exact) mass is 370 g/mol. The molecule has 0 atom stereocenters. The number of allylic oxidation sites excluding steroid dienone is 4. The van der Waals surface area contributed by atoms with E-state index in [4.69, 9.17) is 0 Å². The summed E-state index contributed by atoms with van der Waals surface area (Å²) in [7, 11) is -3.16. The van der Waals surface area contributed by atoms with Crippen LogP contribution in [0.25, 0.3) is 11.1 Å². The number of benzene rings is 1. The number of aryl methyl sites for hydroxylation is 1. The molecule has 0 aliphatic heterocycles. The largest absolute Gasteiger partial charge is 0.224 e. The summed E-state index contributed by atoms with van der Waals surface area (Å²) < 4.78 is 23.5. The Kier molecular flexibility index (Phi) is 4.00. The number of thiophene rings is 1. The fourth-order valence-electron chi connectivity index (χ4n) is 3.99. The average Bonchev–Trinajstić information content (AvgIpc) is 3.28. The van der Waals surface area contributed by atoms with Crippen molar-refractivity contribution in [3.05, 3.63) is 63.9 Å². The number of hydrogen-bond donors (Lipinski definition) is 0. The second kappa shape index (κ2) is 5.96. The molecule has 0 saturated heterocycles. The molecule has 2 aliphatic rings. The number of hydrogen-bond acceptors (Lipinski definition) is 3. The van der Waals surface area contributed by atoms with Crippen molar-refractivity contribution < 1.29 is 8.42 Å². The van der Waals surface area contributed by atoms with Crippen molar-refractivity contribution in [2.75, 3.05) is 6.26 Å². The Morgan fingerprint density at radius 2 is 1.64 bits per heavy atom. The van der Waals surface area contributed by atoms with Gasteiger partial charge in [-0.15, -0.1) is 11.3 Å². The molecule has 1 saturated carbocycles. The first-order valence-corrected chi connectivity index (χ1v) is 11.5. The van der Waals surface area contributed by atoms with Crippen molar-refractivity contribution in [1.82, 2.24) is 0 Å². The van der Waals surface area contributed by atoms with Crippen LogP contribution in [0.2, 0.25) is 0 Å². The van der Waals surface area contributed by atoms with Crippen molar-refractivity contribution in [2.45, 2.75) is 37.5 Å². The Morgan fingerprint density at radius 1 is 1.00 bits per heavy atom. The Balaban J connectivity index is 1.79. The first-order chi connectivity index (χ1) is 11.9. The normalized spacial score (nSPS) is 19.3. The third kappa shape index (κ3) is 3.13. The highest BCUT2D eigenvalue weighted by atomic mass is 32.2. The first kappa shape index (κ1) is 16.8. The Labute approximate surface area is 153 Å². The van der Waals surface area contributed by atoms with Crippen LogP contribution < -0.4 is 0 Å². The smallest absolute Gasteiger partial charge is 0.175 e. The van der Waals surface area contributed by atoms with E-state index in [0.717, 1.165) is 5.56 Å². The molecule has 25 heavy (non-hydrogen) atoms. The summed E-state index contributed by atoms with van der Waals surface area (Å²) >= 11 is 1.79. The molecule has 1 aromatic carbocycles. The maximum absolute atomic E-state index is 11.7. The maximum Gasteiger partial charge on any atom is 0.175 e. The van der Waals surface area contributed by atoms with E-state index < -0.39 is 9.84 Å². The summed E-state index contributed by atoms with van der Waals surface area (Å²) in [5.41, 5.74) is 5.15. The predicted octanol–water partition coefficient (Wildman–Crippen LogP) is 5.50. The highest BCUT2D eigenvalue weighted by Gasteiger charge is 2.36. The molecule has 0 amide bonds. The van der Waals surface area contributed by atoms with E-state index in [1.807, 2.05) is 12.1 Å². The molecule has 4 rings (SSSR count). The average molecular weight is 371 g/mol. The van der Waals surface area contributed by atoms with Crippen LogP contribution in [-0.2, 0) is 9.84 Å². The zero-order chi connectivity index (χ0) is 17.7. The van der Waals surface area contributed by atoms with Crippen molar-refractivity contribution in [1.29, 1.82) is 0 Å². The fourth-order valence-corrected chi connectivity index (χ4v) is 5.55. The molecule has 0 bridgehead atoms. The molecule has 2 aromatic rings. The Hall–Kier alpha value is -1.65. The van der Waals surface area contributed by atoms with Gasteiger partial charge in [-0.1, -0.05) is 37.1 Å². The molecular weight excluding hydrogens is 348 g/mol. The molecule has 1 heterocycles. The van der Waals surface area contributed by atoms with Gasteiger partial charge in [-0.3, -0.25) is 0 Å². The lowest BCUT2D eigenvalue weighted by Crippen LogP contribution is -2.05. The SMILES string of the molecule is Cc1csc(C2=CC3(C=C2c2ccc(S(C)(=O)=O)cc2)CCCC3)c1. The second-order valence-electron chi connectivity index (χ2n) is 7.34. The molecule has 0 N–H and O–H groups in total. The van der Waals surface area contributed by atoms with Gasteiger partial charge in [0.1, 0.15) is 0 Å². The lowest BCUT2D eigenvalue weighted by Gasteiger charge is -2.16. The van der Waals surface area contributed by atoms with Crippen LogP contribution in [0.1, 0.15) is 41.7 Å². The highest BCUT2D eigenvalue weighted by molar-refractivity contribution is 7.90. The highest BCUT2D eigenvalue weighted by Crippen LogP contribution is 2.52. The molecule has 130 valence electrons. The van der Waals surface area contributed by atoms with Crippen LogP contribution >= 0.6 is 11.3 Å². The zero-order valence-corrected chi connectivity index (χ0v) is 16.2. The van der Waals surface area contributed by atoms with Gasteiger partial charge in [-0.05, 0) is 65.6 Å². The van der Waals surface area contributed by atoms with E-state index in [1.165, 1.54) is 53.5 Å². The summed E-state index contributed by atoms with van der Waals surface area (Å²) in [6.45, 7) is 2.13. The van der Waals surface area contributed by atoms with Crippen LogP contribution in [0.5, 0.6) is 0 Å². The minimum Gasteiger partial charge on any atom is -0.224 e. The first-order valence-electron chi connectivity index (χ1n) is 8.68. The molecule has 1 spiro atoms. The lowest BCUT2D eigenvalue weighted by atomic mass is 9.88. The fraction of sp³-hybridized carbons (Fsp3) is 0.333. The quantitative estimate of drug-likeness (QED) is 0.715. The van der Waals surface area contributed by atoms with Crippen molar-refractivity contribution in [3.63, 3.8) is 0 Å².